The van der Waals surface area contributed by atoms with Crippen molar-refractivity contribution in [2.45, 2.75) is 13.8 Å². The molecule has 1 aliphatic rings. The Morgan fingerprint density at radius 3 is 2.13 bits per heavy atom. The van der Waals surface area contributed by atoms with Crippen LogP contribution in [0.1, 0.15) is 16.7 Å². The minimum Gasteiger partial charge on any atom is -0.339 e. The number of likely N-dealkylation sites (N-methyl/N-ethyl adjacent to an activating group) is 1. The first-order valence-electron chi connectivity index (χ1n) is 9.63. The molecule has 5 heteroatoms. The van der Waals surface area contributed by atoms with E-state index in [-0.39, 0.29) is 11.8 Å². The molecule has 4 rings (SSSR count). The fourth-order valence-corrected chi connectivity index (χ4v) is 3.91. The molecule has 0 spiro atoms. The smallest absolute Gasteiger partial charge is 0.282 e. The number of carbonyl (C=O) groups is 2. The van der Waals surface area contributed by atoms with E-state index < -0.39 is 0 Å². The Kier molecular flexibility index (Phi) is 5.18. The van der Waals surface area contributed by atoms with Crippen molar-refractivity contribution in [3.05, 3.63) is 100 Å². The molecular weight excluding hydrogens is 396 g/mol. The topological polar surface area (TPSA) is 40.6 Å². The minimum absolute atomic E-state index is 0.341. The van der Waals surface area contributed by atoms with Crippen LogP contribution in [0.5, 0.6) is 0 Å². The average molecular weight is 417 g/mol. The van der Waals surface area contributed by atoms with Crippen LogP contribution in [0.25, 0.3) is 5.57 Å². The van der Waals surface area contributed by atoms with Crippen molar-refractivity contribution >= 4 is 40.4 Å². The second-order valence-electron chi connectivity index (χ2n) is 7.36. The molecule has 3 aromatic carbocycles. The first kappa shape index (κ1) is 19.9. The molecule has 30 heavy (non-hydrogen) atoms. The highest BCUT2D eigenvalue weighted by Gasteiger charge is 2.42. The van der Waals surface area contributed by atoms with Crippen LogP contribution in [0.3, 0.4) is 0 Å². The standard InChI is InChI=1S/C25H21ClN2O2/c1-16-9-11-18(12-10-16)22-23(27(3)20-7-5-4-6-8-20)25(30)28(24(22)29)21-14-13-19(26)15-17(21)2/h4-15H,1-3H3. The summed E-state index contributed by atoms with van der Waals surface area (Å²) in [6.07, 6.45) is 0. The summed E-state index contributed by atoms with van der Waals surface area (Å²) < 4.78 is 0. The zero-order valence-corrected chi connectivity index (χ0v) is 17.8. The SMILES string of the molecule is Cc1ccc(C2=C(N(C)c3ccccc3)C(=O)N(c3ccc(Cl)cc3C)C2=O)cc1. The zero-order chi connectivity index (χ0) is 21.4. The van der Waals surface area contributed by atoms with Gasteiger partial charge in [-0.3, -0.25) is 9.59 Å². The lowest BCUT2D eigenvalue weighted by Crippen LogP contribution is -2.34. The van der Waals surface area contributed by atoms with E-state index in [4.69, 9.17) is 11.6 Å². The molecule has 0 aromatic heterocycles. The second kappa shape index (κ2) is 7.81. The molecule has 0 fully saturated rings. The number of halogens is 1. The number of amides is 2. The number of rotatable bonds is 4. The first-order valence-corrected chi connectivity index (χ1v) is 10.0. The summed E-state index contributed by atoms with van der Waals surface area (Å²) in [7, 11) is 1.81. The van der Waals surface area contributed by atoms with Gasteiger partial charge in [0.2, 0.25) is 0 Å². The third-order valence-corrected chi connectivity index (χ3v) is 5.51. The van der Waals surface area contributed by atoms with Crippen molar-refractivity contribution in [3.8, 4) is 0 Å². The number of hydrogen-bond donors (Lipinski definition) is 0. The number of aryl methyl sites for hydroxylation is 2. The Labute approximate surface area is 181 Å². The summed E-state index contributed by atoms with van der Waals surface area (Å²) in [4.78, 5) is 30.2. The molecule has 0 unspecified atom stereocenters. The number of imide groups is 1. The van der Waals surface area contributed by atoms with E-state index in [1.165, 1.54) is 4.90 Å². The van der Waals surface area contributed by atoms with Gasteiger partial charge in [-0.15, -0.1) is 0 Å². The predicted octanol–water partition coefficient (Wildman–Crippen LogP) is 5.38. The highest BCUT2D eigenvalue weighted by Crippen LogP contribution is 2.37. The van der Waals surface area contributed by atoms with E-state index in [9.17, 15) is 9.59 Å². The number of anilines is 2. The van der Waals surface area contributed by atoms with Gasteiger partial charge in [-0.25, -0.2) is 4.90 Å². The number of carbonyl (C=O) groups excluding carboxylic acids is 2. The van der Waals surface area contributed by atoms with Crippen molar-refractivity contribution in [1.29, 1.82) is 0 Å². The van der Waals surface area contributed by atoms with Gasteiger partial charge in [0.05, 0.1) is 11.3 Å². The molecule has 3 aromatic rings. The molecule has 4 nitrogen and oxygen atoms in total. The lowest BCUT2D eigenvalue weighted by molar-refractivity contribution is -0.120. The maximum atomic E-state index is 13.6. The van der Waals surface area contributed by atoms with Crippen LogP contribution in [0.4, 0.5) is 11.4 Å². The number of nitrogens with zero attached hydrogens (tertiary/aromatic N) is 2. The molecule has 1 heterocycles. The Morgan fingerprint density at radius 1 is 0.833 bits per heavy atom. The van der Waals surface area contributed by atoms with E-state index in [1.807, 2.05) is 75.5 Å². The summed E-state index contributed by atoms with van der Waals surface area (Å²) in [5, 5.41) is 0.559. The minimum atomic E-state index is -0.354. The lowest BCUT2D eigenvalue weighted by Gasteiger charge is -2.22. The van der Waals surface area contributed by atoms with Crippen molar-refractivity contribution in [2.75, 3.05) is 16.8 Å². The maximum absolute atomic E-state index is 13.6. The summed E-state index contributed by atoms with van der Waals surface area (Å²) in [6, 6.07) is 22.3. The molecule has 0 N–H and O–H groups in total. The molecule has 0 atom stereocenters. The van der Waals surface area contributed by atoms with Crippen molar-refractivity contribution in [1.82, 2.24) is 0 Å². The molecule has 0 saturated heterocycles. The normalized spacial score (nSPS) is 13.9. The maximum Gasteiger partial charge on any atom is 0.282 e. The van der Waals surface area contributed by atoms with Gasteiger partial charge >= 0.3 is 0 Å². The summed E-state index contributed by atoms with van der Waals surface area (Å²) >= 11 is 6.09. The lowest BCUT2D eigenvalue weighted by atomic mass is 10.0. The van der Waals surface area contributed by atoms with Gasteiger partial charge in [0.15, 0.2) is 0 Å². The van der Waals surface area contributed by atoms with Crippen molar-refractivity contribution < 1.29 is 9.59 Å². The monoisotopic (exact) mass is 416 g/mol. The van der Waals surface area contributed by atoms with Gasteiger partial charge in [0.25, 0.3) is 11.8 Å². The number of hydrogen-bond acceptors (Lipinski definition) is 3. The summed E-state index contributed by atoms with van der Waals surface area (Å²) in [5.74, 6) is -0.695. The molecule has 2 amide bonds. The van der Waals surface area contributed by atoms with E-state index >= 15 is 0 Å². The molecule has 1 aliphatic heterocycles. The highest BCUT2D eigenvalue weighted by molar-refractivity contribution is 6.46. The number of para-hydroxylation sites is 1. The van der Waals surface area contributed by atoms with Gasteiger partial charge in [0.1, 0.15) is 5.70 Å². The summed E-state index contributed by atoms with van der Waals surface area (Å²) in [5.41, 5.74) is 4.66. The van der Waals surface area contributed by atoms with Crippen molar-refractivity contribution in [2.24, 2.45) is 0 Å². The predicted molar refractivity (Wildman–Crippen MR) is 122 cm³/mol. The van der Waals surface area contributed by atoms with Gasteiger partial charge in [-0.05, 0) is 55.3 Å². The van der Waals surface area contributed by atoms with Crippen LogP contribution in [0, 0.1) is 13.8 Å². The Bertz CT molecular complexity index is 1170. The van der Waals surface area contributed by atoms with E-state index in [1.54, 1.807) is 23.1 Å². The fraction of sp³-hybridized carbons (Fsp3) is 0.120. The molecule has 150 valence electrons. The fourth-order valence-electron chi connectivity index (χ4n) is 3.68. The third kappa shape index (κ3) is 3.40. The Balaban J connectivity index is 1.89. The van der Waals surface area contributed by atoms with Gasteiger partial charge < -0.3 is 4.90 Å². The Hall–Kier alpha value is -3.37. The third-order valence-electron chi connectivity index (χ3n) is 5.28. The quantitative estimate of drug-likeness (QED) is 0.536. The van der Waals surface area contributed by atoms with Crippen LogP contribution >= 0.6 is 11.6 Å². The molecular formula is C25H21ClN2O2. The van der Waals surface area contributed by atoms with Crippen LogP contribution < -0.4 is 9.80 Å². The van der Waals surface area contributed by atoms with E-state index in [0.717, 1.165) is 16.8 Å². The van der Waals surface area contributed by atoms with E-state index in [0.29, 0.717) is 27.5 Å². The van der Waals surface area contributed by atoms with Crippen molar-refractivity contribution in [3.63, 3.8) is 0 Å². The Morgan fingerprint density at radius 2 is 1.50 bits per heavy atom. The highest BCUT2D eigenvalue weighted by atomic mass is 35.5. The van der Waals surface area contributed by atoms with Crippen LogP contribution in [0.15, 0.2) is 78.5 Å². The number of benzene rings is 3. The molecule has 0 saturated carbocycles. The van der Waals surface area contributed by atoms with E-state index in [2.05, 4.69) is 0 Å². The zero-order valence-electron chi connectivity index (χ0n) is 17.0. The van der Waals surface area contributed by atoms with Gasteiger partial charge in [0, 0.05) is 17.8 Å². The first-order chi connectivity index (χ1) is 14.4. The summed E-state index contributed by atoms with van der Waals surface area (Å²) in [6.45, 7) is 3.83. The molecule has 0 bridgehead atoms. The van der Waals surface area contributed by atoms with Gasteiger partial charge in [-0.1, -0.05) is 59.6 Å². The largest absolute Gasteiger partial charge is 0.339 e. The van der Waals surface area contributed by atoms with Crippen LogP contribution in [-0.4, -0.2) is 18.9 Å². The second-order valence-corrected chi connectivity index (χ2v) is 7.80. The van der Waals surface area contributed by atoms with Gasteiger partial charge in [-0.2, -0.15) is 0 Å². The average Bonchev–Trinajstić information content (AvgIpc) is 2.99. The molecule has 0 aliphatic carbocycles. The van der Waals surface area contributed by atoms with Crippen LogP contribution in [-0.2, 0) is 9.59 Å². The van der Waals surface area contributed by atoms with Crippen LogP contribution in [0.2, 0.25) is 5.02 Å². The molecule has 0 radical (unpaired) electrons.